The van der Waals surface area contributed by atoms with E-state index in [-0.39, 0.29) is 6.29 Å². The number of rotatable bonds is 2. The van der Waals surface area contributed by atoms with Crippen molar-refractivity contribution in [3.05, 3.63) is 0 Å². The first-order valence-electron chi connectivity index (χ1n) is 2.60. The van der Waals surface area contributed by atoms with Crippen LogP contribution in [0.2, 0.25) is 0 Å². The van der Waals surface area contributed by atoms with Crippen LogP contribution in [-0.4, -0.2) is 25.8 Å². The first-order chi connectivity index (χ1) is 3.93. The van der Waals surface area contributed by atoms with Crippen LogP contribution < -0.4 is 16.0 Å². The van der Waals surface area contributed by atoms with E-state index in [4.69, 9.17) is 0 Å². The predicted molar refractivity (Wildman–Crippen MR) is 29.0 cm³/mol. The summed E-state index contributed by atoms with van der Waals surface area (Å²) >= 11 is 0. The second-order valence-electron chi connectivity index (χ2n) is 1.63. The largest absolute Gasteiger partial charge is 0.331 e. The molecule has 1 heterocycles. The standard InChI is InChI=1S/C4H9N3O/c8-3-7-4-5-1-2-6-4/h3-6H,1-2H2,(H,7,8). The molecule has 4 nitrogen and oxygen atoms in total. The summed E-state index contributed by atoms with van der Waals surface area (Å²) in [7, 11) is 0. The third kappa shape index (κ3) is 1.18. The topological polar surface area (TPSA) is 53.2 Å². The highest BCUT2D eigenvalue weighted by molar-refractivity contribution is 5.46. The van der Waals surface area contributed by atoms with E-state index in [1.165, 1.54) is 0 Å². The molecule has 0 spiro atoms. The Morgan fingerprint density at radius 1 is 1.50 bits per heavy atom. The molecule has 8 heavy (non-hydrogen) atoms. The Kier molecular flexibility index (Phi) is 1.82. The Hall–Kier alpha value is -0.610. The molecule has 1 saturated heterocycles. The molecule has 0 radical (unpaired) electrons. The summed E-state index contributed by atoms with van der Waals surface area (Å²) in [5, 5.41) is 8.55. The number of carbonyl (C=O) groups excluding carboxylic acids is 1. The number of nitrogens with one attached hydrogen (secondary N) is 3. The smallest absolute Gasteiger partial charge is 0.209 e. The van der Waals surface area contributed by atoms with E-state index >= 15 is 0 Å². The van der Waals surface area contributed by atoms with Crippen molar-refractivity contribution in [2.75, 3.05) is 13.1 Å². The van der Waals surface area contributed by atoms with Crippen LogP contribution in [0.5, 0.6) is 0 Å². The lowest BCUT2D eigenvalue weighted by Crippen LogP contribution is -2.44. The Bertz CT molecular complexity index is 79.4. The average Bonchev–Trinajstić information content (AvgIpc) is 2.19. The zero-order chi connectivity index (χ0) is 5.82. The molecule has 0 atom stereocenters. The van der Waals surface area contributed by atoms with Crippen LogP contribution in [0.1, 0.15) is 0 Å². The second-order valence-corrected chi connectivity index (χ2v) is 1.63. The summed E-state index contributed by atoms with van der Waals surface area (Å²) in [6, 6.07) is 0. The molecule has 1 rings (SSSR count). The summed E-state index contributed by atoms with van der Waals surface area (Å²) in [5.41, 5.74) is 0. The molecule has 0 unspecified atom stereocenters. The van der Waals surface area contributed by atoms with Crippen molar-refractivity contribution < 1.29 is 4.79 Å². The van der Waals surface area contributed by atoms with Crippen LogP contribution in [0.3, 0.4) is 0 Å². The molecule has 0 aromatic carbocycles. The van der Waals surface area contributed by atoms with E-state index in [1.807, 2.05) is 0 Å². The maximum atomic E-state index is 9.77. The molecule has 1 aliphatic rings. The molecule has 1 fully saturated rings. The fraction of sp³-hybridized carbons (Fsp3) is 0.750. The Morgan fingerprint density at radius 3 is 2.62 bits per heavy atom. The van der Waals surface area contributed by atoms with E-state index in [9.17, 15) is 4.79 Å². The molecule has 1 aliphatic heterocycles. The van der Waals surface area contributed by atoms with Gasteiger partial charge in [-0.1, -0.05) is 0 Å². The number of amides is 1. The van der Waals surface area contributed by atoms with Gasteiger partial charge in [-0.2, -0.15) is 0 Å². The number of hydrogen-bond donors (Lipinski definition) is 3. The van der Waals surface area contributed by atoms with Gasteiger partial charge in [0.15, 0.2) is 0 Å². The van der Waals surface area contributed by atoms with Gasteiger partial charge in [0.2, 0.25) is 6.41 Å². The summed E-state index contributed by atoms with van der Waals surface area (Å²) < 4.78 is 0. The van der Waals surface area contributed by atoms with Crippen molar-refractivity contribution in [3.63, 3.8) is 0 Å². The van der Waals surface area contributed by atoms with Gasteiger partial charge in [0.1, 0.15) is 6.29 Å². The van der Waals surface area contributed by atoms with Crippen molar-refractivity contribution in [1.82, 2.24) is 16.0 Å². The first kappa shape index (κ1) is 5.53. The van der Waals surface area contributed by atoms with Crippen LogP contribution in [0, 0.1) is 0 Å². The van der Waals surface area contributed by atoms with Crippen molar-refractivity contribution in [2.45, 2.75) is 6.29 Å². The van der Waals surface area contributed by atoms with E-state index < -0.39 is 0 Å². The molecular formula is C4H9N3O. The minimum Gasteiger partial charge on any atom is -0.331 e. The lowest BCUT2D eigenvalue weighted by molar-refractivity contribution is -0.110. The second kappa shape index (κ2) is 2.64. The van der Waals surface area contributed by atoms with Gasteiger partial charge in [-0.25, -0.2) is 0 Å². The lowest BCUT2D eigenvalue weighted by atomic mass is 10.7. The summed E-state index contributed by atoms with van der Waals surface area (Å²) in [6.45, 7) is 1.84. The maximum Gasteiger partial charge on any atom is 0.209 e. The molecule has 0 saturated carbocycles. The molecule has 46 valence electrons. The number of hydrogen-bond acceptors (Lipinski definition) is 3. The van der Waals surface area contributed by atoms with Crippen LogP contribution in [0.25, 0.3) is 0 Å². The van der Waals surface area contributed by atoms with Crippen molar-refractivity contribution in [3.8, 4) is 0 Å². The molecule has 0 aromatic heterocycles. The fourth-order valence-corrected chi connectivity index (χ4v) is 0.691. The van der Waals surface area contributed by atoms with Crippen molar-refractivity contribution in [1.29, 1.82) is 0 Å². The van der Waals surface area contributed by atoms with Crippen LogP contribution in [-0.2, 0) is 4.79 Å². The summed E-state index contributed by atoms with van der Waals surface area (Å²) in [6.07, 6.45) is 0.670. The molecule has 1 amide bonds. The van der Waals surface area contributed by atoms with Crippen LogP contribution in [0.15, 0.2) is 0 Å². The Labute approximate surface area is 47.6 Å². The van der Waals surface area contributed by atoms with Crippen LogP contribution >= 0.6 is 0 Å². The third-order valence-corrected chi connectivity index (χ3v) is 1.06. The van der Waals surface area contributed by atoms with Gasteiger partial charge in [-0.3, -0.25) is 15.4 Å². The normalized spacial score (nSPS) is 21.0. The maximum absolute atomic E-state index is 9.77. The molecule has 0 aliphatic carbocycles. The van der Waals surface area contributed by atoms with E-state index in [2.05, 4.69) is 16.0 Å². The summed E-state index contributed by atoms with van der Waals surface area (Å²) in [4.78, 5) is 9.77. The molecule has 4 heteroatoms. The molecular weight excluding hydrogens is 106 g/mol. The minimum atomic E-state index is -0.00694. The van der Waals surface area contributed by atoms with Gasteiger partial charge in [-0.05, 0) is 0 Å². The highest BCUT2D eigenvalue weighted by Crippen LogP contribution is 1.75. The van der Waals surface area contributed by atoms with Gasteiger partial charge in [0.25, 0.3) is 0 Å². The van der Waals surface area contributed by atoms with Gasteiger partial charge in [-0.15, -0.1) is 0 Å². The van der Waals surface area contributed by atoms with Gasteiger partial charge < -0.3 is 5.32 Å². The van der Waals surface area contributed by atoms with Crippen LogP contribution in [0.4, 0.5) is 0 Å². The third-order valence-electron chi connectivity index (χ3n) is 1.06. The molecule has 3 N–H and O–H groups in total. The molecule has 0 aromatic rings. The van der Waals surface area contributed by atoms with Gasteiger partial charge in [0, 0.05) is 13.1 Å². The summed E-state index contributed by atoms with van der Waals surface area (Å²) in [5.74, 6) is 0. The monoisotopic (exact) mass is 115 g/mol. The SMILES string of the molecule is O=CNC1NCCN1. The highest BCUT2D eigenvalue weighted by atomic mass is 16.1. The van der Waals surface area contributed by atoms with E-state index in [0.29, 0.717) is 6.41 Å². The minimum absolute atomic E-state index is 0.00694. The predicted octanol–water partition coefficient (Wildman–Crippen LogP) is -1.79. The molecule has 0 bridgehead atoms. The quantitative estimate of drug-likeness (QED) is 0.372. The van der Waals surface area contributed by atoms with E-state index in [0.717, 1.165) is 13.1 Å². The Morgan fingerprint density at radius 2 is 2.12 bits per heavy atom. The average molecular weight is 115 g/mol. The Balaban J connectivity index is 2.14. The lowest BCUT2D eigenvalue weighted by Gasteiger charge is -2.06. The van der Waals surface area contributed by atoms with Crippen molar-refractivity contribution >= 4 is 6.41 Å². The zero-order valence-electron chi connectivity index (χ0n) is 4.48. The number of carbonyl (C=O) groups is 1. The first-order valence-corrected chi connectivity index (χ1v) is 2.60. The van der Waals surface area contributed by atoms with Crippen molar-refractivity contribution in [2.24, 2.45) is 0 Å². The fourth-order valence-electron chi connectivity index (χ4n) is 0.691. The highest BCUT2D eigenvalue weighted by Gasteiger charge is 2.09. The van der Waals surface area contributed by atoms with Gasteiger partial charge in [0.05, 0.1) is 0 Å². The van der Waals surface area contributed by atoms with Gasteiger partial charge >= 0.3 is 0 Å². The van der Waals surface area contributed by atoms with E-state index in [1.54, 1.807) is 0 Å². The zero-order valence-corrected chi connectivity index (χ0v) is 4.48.